The van der Waals surface area contributed by atoms with Crippen molar-refractivity contribution in [3.63, 3.8) is 0 Å². The van der Waals surface area contributed by atoms with Crippen LogP contribution in [-0.4, -0.2) is 17.0 Å². The van der Waals surface area contributed by atoms with E-state index in [0.717, 1.165) is 12.0 Å². The fourth-order valence-corrected chi connectivity index (χ4v) is 3.06. The monoisotopic (exact) mass is 374 g/mol. The first-order valence-electron chi connectivity index (χ1n) is 9.11. The van der Waals surface area contributed by atoms with E-state index in [1.807, 2.05) is 42.5 Å². The third-order valence-corrected chi connectivity index (χ3v) is 4.63. The third-order valence-electron chi connectivity index (χ3n) is 4.63. The van der Waals surface area contributed by atoms with Crippen LogP contribution in [0.5, 0.6) is 0 Å². The Balaban J connectivity index is 1.77. The smallest absolute Gasteiger partial charge is 0.255 e. The molecule has 2 amide bonds. The van der Waals surface area contributed by atoms with Gasteiger partial charge in [0, 0.05) is 11.3 Å². The maximum absolute atomic E-state index is 12.4. The normalized spacial score (nSPS) is 11.5. The Kier molecular flexibility index (Phi) is 6.19. The number of hydroxylamine groups is 1. The quantitative estimate of drug-likeness (QED) is 0.448. The number of rotatable bonds is 6. The molecule has 0 radical (unpaired) electrons. The number of carbonyl (C=O) groups is 2. The van der Waals surface area contributed by atoms with E-state index in [1.54, 1.807) is 41.9 Å². The van der Waals surface area contributed by atoms with Crippen LogP contribution in [0, 0.1) is 0 Å². The summed E-state index contributed by atoms with van der Waals surface area (Å²) in [4.78, 5) is 24.6. The molecule has 5 nitrogen and oxygen atoms in total. The summed E-state index contributed by atoms with van der Waals surface area (Å²) in [5.41, 5.74) is 5.60. The van der Waals surface area contributed by atoms with E-state index in [2.05, 4.69) is 12.2 Å². The lowest BCUT2D eigenvalue weighted by Crippen LogP contribution is -2.27. The lowest BCUT2D eigenvalue weighted by molar-refractivity contribution is -0.129. The van der Waals surface area contributed by atoms with Crippen LogP contribution in [0.15, 0.2) is 78.9 Å². The zero-order valence-corrected chi connectivity index (χ0v) is 15.6. The molecule has 0 saturated carbocycles. The molecule has 0 aliphatic heterocycles. The van der Waals surface area contributed by atoms with Gasteiger partial charge in [0.25, 0.3) is 11.8 Å². The minimum atomic E-state index is -0.641. The third kappa shape index (κ3) is 4.45. The molecule has 0 aromatic heterocycles. The van der Waals surface area contributed by atoms with Crippen LogP contribution in [0.3, 0.4) is 0 Å². The summed E-state index contributed by atoms with van der Waals surface area (Å²) >= 11 is 0. The number of anilines is 1. The van der Waals surface area contributed by atoms with Crippen LogP contribution in [-0.2, 0) is 11.2 Å². The zero-order chi connectivity index (χ0) is 19.9. The maximum Gasteiger partial charge on any atom is 0.255 e. The lowest BCUT2D eigenvalue weighted by Gasteiger charge is -2.16. The molecule has 3 aromatic carbocycles. The molecule has 28 heavy (non-hydrogen) atoms. The van der Waals surface area contributed by atoms with Gasteiger partial charge in [-0.15, -0.1) is 0 Å². The van der Waals surface area contributed by atoms with Crippen molar-refractivity contribution in [1.82, 2.24) is 5.48 Å². The second kappa shape index (κ2) is 8.97. The van der Waals surface area contributed by atoms with Crippen LogP contribution < -0.4 is 10.8 Å². The average Bonchev–Trinajstić information content (AvgIpc) is 2.75. The van der Waals surface area contributed by atoms with Crippen molar-refractivity contribution in [2.75, 3.05) is 5.32 Å². The Labute approximate surface area is 164 Å². The molecule has 3 rings (SSSR count). The minimum Gasteiger partial charge on any atom is -0.322 e. The van der Waals surface area contributed by atoms with E-state index in [0.29, 0.717) is 16.8 Å². The van der Waals surface area contributed by atoms with Gasteiger partial charge in [0.1, 0.15) is 0 Å². The highest BCUT2D eigenvalue weighted by atomic mass is 16.5. The molecule has 1 unspecified atom stereocenters. The molecule has 0 bridgehead atoms. The van der Waals surface area contributed by atoms with Crippen LogP contribution in [0.2, 0.25) is 0 Å². The molecular weight excluding hydrogens is 352 g/mol. The van der Waals surface area contributed by atoms with Crippen molar-refractivity contribution in [3.05, 3.63) is 101 Å². The van der Waals surface area contributed by atoms with Crippen molar-refractivity contribution >= 4 is 17.5 Å². The highest BCUT2D eigenvalue weighted by Crippen LogP contribution is 2.26. The van der Waals surface area contributed by atoms with Crippen LogP contribution in [0.25, 0.3) is 0 Å². The van der Waals surface area contributed by atoms with Crippen LogP contribution in [0.4, 0.5) is 5.69 Å². The van der Waals surface area contributed by atoms with Gasteiger partial charge in [-0.25, -0.2) is 5.48 Å². The van der Waals surface area contributed by atoms with Crippen molar-refractivity contribution in [3.8, 4) is 0 Å². The molecule has 0 fully saturated rings. The lowest BCUT2D eigenvalue weighted by atomic mass is 9.90. The van der Waals surface area contributed by atoms with E-state index in [1.165, 1.54) is 5.56 Å². The molecule has 0 aliphatic carbocycles. The molecule has 3 aromatic rings. The van der Waals surface area contributed by atoms with E-state index >= 15 is 0 Å². The number of aryl methyl sites for hydroxylation is 1. The Hall–Kier alpha value is -3.44. The summed E-state index contributed by atoms with van der Waals surface area (Å²) in [6.07, 6.45) is 0.924. The Morgan fingerprint density at radius 3 is 2.04 bits per heavy atom. The molecule has 0 aliphatic rings. The predicted octanol–water partition coefficient (Wildman–Crippen LogP) is 4.14. The Bertz CT molecular complexity index is 936. The van der Waals surface area contributed by atoms with Gasteiger partial charge in [0.2, 0.25) is 0 Å². The minimum absolute atomic E-state index is 0.192. The van der Waals surface area contributed by atoms with Gasteiger partial charge in [-0.05, 0) is 47.4 Å². The summed E-state index contributed by atoms with van der Waals surface area (Å²) < 4.78 is 0. The molecule has 5 heteroatoms. The van der Waals surface area contributed by atoms with Gasteiger partial charge in [-0.1, -0.05) is 61.5 Å². The topological polar surface area (TPSA) is 78.4 Å². The summed E-state index contributed by atoms with van der Waals surface area (Å²) in [6, 6.07) is 23.7. The van der Waals surface area contributed by atoms with E-state index in [-0.39, 0.29) is 5.91 Å². The molecule has 0 saturated heterocycles. The average molecular weight is 374 g/mol. The van der Waals surface area contributed by atoms with Crippen molar-refractivity contribution in [1.29, 1.82) is 0 Å². The highest BCUT2D eigenvalue weighted by Gasteiger charge is 2.22. The standard InChI is InChI=1S/C23H22N2O3/c1-2-16-8-10-19(11-9-16)22(26)24-20-14-12-18(13-15-20)21(23(27)25-28)17-6-4-3-5-7-17/h3-15,21,28H,2H2,1H3,(H,24,26)(H,25,27). The SMILES string of the molecule is CCc1ccc(C(=O)Nc2ccc(C(C(=O)NO)c3ccccc3)cc2)cc1. The van der Waals surface area contributed by atoms with E-state index in [9.17, 15) is 9.59 Å². The van der Waals surface area contributed by atoms with Crippen LogP contribution >= 0.6 is 0 Å². The zero-order valence-electron chi connectivity index (χ0n) is 15.6. The first-order valence-corrected chi connectivity index (χ1v) is 9.11. The predicted molar refractivity (Wildman–Crippen MR) is 108 cm³/mol. The highest BCUT2D eigenvalue weighted by molar-refractivity contribution is 6.04. The van der Waals surface area contributed by atoms with E-state index in [4.69, 9.17) is 5.21 Å². The molecule has 3 N–H and O–H groups in total. The van der Waals surface area contributed by atoms with Gasteiger partial charge in [-0.2, -0.15) is 0 Å². The van der Waals surface area contributed by atoms with E-state index < -0.39 is 11.8 Å². The number of nitrogens with one attached hydrogen (secondary N) is 2. The Morgan fingerprint density at radius 2 is 1.46 bits per heavy atom. The number of hydrogen-bond acceptors (Lipinski definition) is 3. The summed E-state index contributed by atoms with van der Waals surface area (Å²) in [7, 11) is 0. The molecular formula is C23H22N2O3. The van der Waals surface area contributed by atoms with Gasteiger partial charge >= 0.3 is 0 Å². The number of amides is 2. The second-order valence-corrected chi connectivity index (χ2v) is 6.45. The van der Waals surface area contributed by atoms with Gasteiger partial charge < -0.3 is 5.32 Å². The number of hydrogen-bond donors (Lipinski definition) is 3. The maximum atomic E-state index is 12.4. The van der Waals surface area contributed by atoms with Crippen molar-refractivity contribution in [2.24, 2.45) is 0 Å². The second-order valence-electron chi connectivity index (χ2n) is 6.45. The van der Waals surface area contributed by atoms with Crippen molar-refractivity contribution < 1.29 is 14.8 Å². The number of carbonyl (C=O) groups excluding carboxylic acids is 2. The number of benzene rings is 3. The summed E-state index contributed by atoms with van der Waals surface area (Å²) in [6.45, 7) is 2.07. The first kappa shape index (κ1) is 19.3. The van der Waals surface area contributed by atoms with Crippen LogP contribution in [0.1, 0.15) is 39.9 Å². The molecule has 142 valence electrons. The van der Waals surface area contributed by atoms with Crippen molar-refractivity contribution in [2.45, 2.75) is 19.3 Å². The first-order chi connectivity index (χ1) is 13.6. The van der Waals surface area contributed by atoms with Gasteiger partial charge in [0.05, 0.1) is 5.92 Å². The summed E-state index contributed by atoms with van der Waals surface area (Å²) in [5.74, 6) is -1.35. The van der Waals surface area contributed by atoms with Gasteiger partial charge in [0.15, 0.2) is 0 Å². The summed E-state index contributed by atoms with van der Waals surface area (Å²) in [5, 5.41) is 12.0. The molecule has 0 spiro atoms. The fraction of sp³-hybridized carbons (Fsp3) is 0.130. The molecule has 1 atom stereocenters. The Morgan fingerprint density at radius 1 is 0.857 bits per heavy atom. The van der Waals surface area contributed by atoms with Gasteiger partial charge in [-0.3, -0.25) is 14.8 Å². The fourth-order valence-electron chi connectivity index (χ4n) is 3.06. The largest absolute Gasteiger partial charge is 0.322 e. The molecule has 0 heterocycles.